The molecule has 18 heavy (non-hydrogen) atoms. The van der Waals surface area contributed by atoms with Crippen LogP contribution in [0.1, 0.15) is 11.3 Å². The van der Waals surface area contributed by atoms with Crippen molar-refractivity contribution >= 4 is 22.9 Å². The average molecular weight is 288 g/mol. The summed E-state index contributed by atoms with van der Waals surface area (Å²) in [6.07, 6.45) is 1.99. The molecule has 0 amide bonds. The second-order valence-corrected chi connectivity index (χ2v) is 7.10. The first kappa shape index (κ1) is 14.3. The Kier molecular flexibility index (Phi) is 5.04. The highest BCUT2D eigenvalue weighted by molar-refractivity contribution is 7.16. The first-order valence-electron chi connectivity index (χ1n) is 6.43. The maximum atomic E-state index is 6.27. The van der Waals surface area contributed by atoms with Crippen LogP contribution in [-0.4, -0.2) is 55.6 Å². The summed E-state index contributed by atoms with van der Waals surface area (Å²) in [4.78, 5) is 6.11. The van der Waals surface area contributed by atoms with E-state index in [4.69, 9.17) is 17.3 Å². The number of piperazine rings is 1. The SMILES string of the molecule is CN1CCN(C)C(CC(N)Cc2ccc(Cl)s2)C1. The Morgan fingerprint density at radius 2 is 2.22 bits per heavy atom. The summed E-state index contributed by atoms with van der Waals surface area (Å²) < 4.78 is 0.853. The van der Waals surface area contributed by atoms with E-state index in [1.54, 1.807) is 11.3 Å². The van der Waals surface area contributed by atoms with Crippen LogP contribution in [0.2, 0.25) is 4.34 Å². The van der Waals surface area contributed by atoms with E-state index in [-0.39, 0.29) is 6.04 Å². The van der Waals surface area contributed by atoms with Gasteiger partial charge in [0.1, 0.15) is 0 Å². The molecular weight excluding hydrogens is 266 g/mol. The summed E-state index contributed by atoms with van der Waals surface area (Å²) in [5.41, 5.74) is 6.27. The van der Waals surface area contributed by atoms with Crippen LogP contribution in [0.5, 0.6) is 0 Å². The zero-order valence-electron chi connectivity index (χ0n) is 11.1. The van der Waals surface area contributed by atoms with Crippen molar-refractivity contribution in [3.05, 3.63) is 21.3 Å². The molecule has 102 valence electrons. The van der Waals surface area contributed by atoms with Gasteiger partial charge < -0.3 is 15.5 Å². The molecule has 2 unspecified atom stereocenters. The highest BCUT2D eigenvalue weighted by atomic mass is 35.5. The Bertz CT molecular complexity index is 382. The van der Waals surface area contributed by atoms with Gasteiger partial charge in [0.2, 0.25) is 0 Å². The topological polar surface area (TPSA) is 32.5 Å². The minimum Gasteiger partial charge on any atom is -0.327 e. The fraction of sp³-hybridized carbons (Fsp3) is 0.692. The molecule has 1 saturated heterocycles. The van der Waals surface area contributed by atoms with E-state index in [0.717, 1.165) is 36.8 Å². The monoisotopic (exact) mass is 287 g/mol. The molecular formula is C13H22ClN3S. The lowest BCUT2D eigenvalue weighted by atomic mass is 10.0. The van der Waals surface area contributed by atoms with Crippen LogP contribution in [-0.2, 0) is 6.42 Å². The fourth-order valence-corrected chi connectivity index (χ4v) is 3.69. The number of hydrogen-bond acceptors (Lipinski definition) is 4. The van der Waals surface area contributed by atoms with E-state index in [2.05, 4.69) is 30.0 Å². The van der Waals surface area contributed by atoms with Crippen LogP contribution >= 0.6 is 22.9 Å². The predicted molar refractivity (Wildman–Crippen MR) is 79.5 cm³/mol. The van der Waals surface area contributed by atoms with Crippen molar-refractivity contribution in [3.63, 3.8) is 0 Å². The normalized spacial score (nSPS) is 24.3. The van der Waals surface area contributed by atoms with Crippen molar-refractivity contribution < 1.29 is 0 Å². The summed E-state index contributed by atoms with van der Waals surface area (Å²) >= 11 is 7.58. The lowest BCUT2D eigenvalue weighted by Gasteiger charge is -2.38. The van der Waals surface area contributed by atoms with Crippen LogP contribution in [0.3, 0.4) is 0 Å². The molecule has 2 heterocycles. The van der Waals surface area contributed by atoms with Crippen LogP contribution in [0.4, 0.5) is 0 Å². The maximum Gasteiger partial charge on any atom is 0.0931 e. The van der Waals surface area contributed by atoms with Gasteiger partial charge in [0, 0.05) is 36.6 Å². The predicted octanol–water partition coefficient (Wildman–Crippen LogP) is 1.91. The van der Waals surface area contributed by atoms with E-state index in [1.807, 2.05) is 6.07 Å². The van der Waals surface area contributed by atoms with Gasteiger partial charge in [0.05, 0.1) is 4.34 Å². The Labute approximate surface area is 119 Å². The molecule has 0 radical (unpaired) electrons. The highest BCUT2D eigenvalue weighted by Crippen LogP contribution is 2.23. The molecule has 3 nitrogen and oxygen atoms in total. The van der Waals surface area contributed by atoms with Crippen molar-refractivity contribution in [2.24, 2.45) is 5.73 Å². The lowest BCUT2D eigenvalue weighted by molar-refractivity contribution is 0.104. The number of nitrogens with two attached hydrogens (primary N) is 1. The Morgan fingerprint density at radius 3 is 2.89 bits per heavy atom. The first-order chi connectivity index (χ1) is 8.54. The second kappa shape index (κ2) is 6.35. The number of hydrogen-bond donors (Lipinski definition) is 1. The van der Waals surface area contributed by atoms with Gasteiger partial charge in [-0.3, -0.25) is 0 Å². The van der Waals surface area contributed by atoms with E-state index in [0.29, 0.717) is 6.04 Å². The second-order valence-electron chi connectivity index (χ2n) is 5.30. The summed E-state index contributed by atoms with van der Waals surface area (Å²) in [6, 6.07) is 4.84. The van der Waals surface area contributed by atoms with Gasteiger partial charge in [0.25, 0.3) is 0 Å². The van der Waals surface area contributed by atoms with E-state index in [1.165, 1.54) is 4.88 Å². The zero-order chi connectivity index (χ0) is 13.1. The Hall–Kier alpha value is -0.130. The molecule has 2 rings (SSSR count). The fourth-order valence-electron chi connectivity index (χ4n) is 2.51. The molecule has 1 aliphatic heterocycles. The van der Waals surface area contributed by atoms with E-state index >= 15 is 0 Å². The average Bonchev–Trinajstić information content (AvgIpc) is 2.69. The Balaban J connectivity index is 1.84. The summed E-state index contributed by atoms with van der Waals surface area (Å²) in [5, 5.41) is 0. The maximum absolute atomic E-state index is 6.27. The lowest BCUT2D eigenvalue weighted by Crippen LogP contribution is -2.51. The van der Waals surface area contributed by atoms with Crippen molar-refractivity contribution in [3.8, 4) is 0 Å². The number of thiophene rings is 1. The Morgan fingerprint density at radius 1 is 1.44 bits per heavy atom. The zero-order valence-corrected chi connectivity index (χ0v) is 12.7. The van der Waals surface area contributed by atoms with Crippen LogP contribution in [0.25, 0.3) is 0 Å². The smallest absolute Gasteiger partial charge is 0.0931 e. The van der Waals surface area contributed by atoms with E-state index < -0.39 is 0 Å². The van der Waals surface area contributed by atoms with Gasteiger partial charge in [-0.2, -0.15) is 0 Å². The van der Waals surface area contributed by atoms with Gasteiger partial charge in [0.15, 0.2) is 0 Å². The molecule has 1 aliphatic rings. The third-order valence-corrected chi connectivity index (χ3v) is 4.90. The molecule has 1 fully saturated rings. The minimum atomic E-state index is 0.221. The van der Waals surface area contributed by atoms with Crippen molar-refractivity contribution in [1.82, 2.24) is 9.80 Å². The molecule has 0 bridgehead atoms. The molecule has 1 aromatic rings. The molecule has 0 aromatic carbocycles. The highest BCUT2D eigenvalue weighted by Gasteiger charge is 2.24. The van der Waals surface area contributed by atoms with Gasteiger partial charge in [-0.15, -0.1) is 11.3 Å². The van der Waals surface area contributed by atoms with Crippen molar-refractivity contribution in [2.75, 3.05) is 33.7 Å². The van der Waals surface area contributed by atoms with Gasteiger partial charge in [-0.1, -0.05) is 11.6 Å². The number of nitrogens with zero attached hydrogens (tertiary/aromatic N) is 2. The molecule has 2 N–H and O–H groups in total. The van der Waals surface area contributed by atoms with Crippen LogP contribution in [0.15, 0.2) is 12.1 Å². The molecule has 0 spiro atoms. The van der Waals surface area contributed by atoms with Gasteiger partial charge in [-0.25, -0.2) is 0 Å². The van der Waals surface area contributed by atoms with Gasteiger partial charge in [-0.05, 0) is 39.1 Å². The first-order valence-corrected chi connectivity index (χ1v) is 7.62. The molecule has 2 atom stereocenters. The van der Waals surface area contributed by atoms with Crippen molar-refractivity contribution in [1.29, 1.82) is 0 Å². The van der Waals surface area contributed by atoms with E-state index in [9.17, 15) is 0 Å². The summed E-state index contributed by atoms with van der Waals surface area (Å²) in [5.74, 6) is 0. The number of likely N-dealkylation sites (N-methyl/N-ethyl adjacent to an activating group) is 2. The van der Waals surface area contributed by atoms with Crippen molar-refractivity contribution in [2.45, 2.75) is 24.9 Å². The molecule has 0 saturated carbocycles. The number of halogens is 1. The summed E-state index contributed by atoms with van der Waals surface area (Å²) in [7, 11) is 4.39. The summed E-state index contributed by atoms with van der Waals surface area (Å²) in [6.45, 7) is 3.41. The third-order valence-electron chi connectivity index (χ3n) is 3.65. The van der Waals surface area contributed by atoms with Gasteiger partial charge >= 0.3 is 0 Å². The molecule has 1 aromatic heterocycles. The largest absolute Gasteiger partial charge is 0.327 e. The molecule has 5 heteroatoms. The quantitative estimate of drug-likeness (QED) is 0.918. The third kappa shape index (κ3) is 3.93. The molecule has 0 aliphatic carbocycles. The van der Waals surface area contributed by atoms with Crippen LogP contribution in [0, 0.1) is 0 Å². The van der Waals surface area contributed by atoms with Crippen LogP contribution < -0.4 is 5.73 Å². The standard InChI is InChI=1S/C13H22ClN3S/c1-16-5-6-17(2)11(9-16)7-10(15)8-12-3-4-13(14)18-12/h3-4,10-11H,5-9,15H2,1-2H3. The minimum absolute atomic E-state index is 0.221. The number of rotatable bonds is 4.